The first-order valence-electron chi connectivity index (χ1n) is 18.3. The summed E-state index contributed by atoms with van der Waals surface area (Å²) in [5, 5.41) is 0. The fourth-order valence-electron chi connectivity index (χ4n) is 5.02. The molecule has 0 fully saturated rings. The van der Waals surface area contributed by atoms with Gasteiger partial charge in [0.2, 0.25) is 0 Å². The summed E-state index contributed by atoms with van der Waals surface area (Å²) in [6.07, 6.45) is 9.23. The molecule has 4 rings (SSSR count). The molecule has 0 spiro atoms. The van der Waals surface area contributed by atoms with Gasteiger partial charge in [-0.05, 0) is 110 Å². The van der Waals surface area contributed by atoms with Gasteiger partial charge in [0.25, 0.3) is 0 Å². The molecular formula is C43H48O10. The van der Waals surface area contributed by atoms with Crippen LogP contribution in [0.1, 0.15) is 113 Å². The maximum absolute atomic E-state index is 12.6. The smallest absolute Gasteiger partial charge is 0.343 e. The minimum absolute atomic E-state index is 0.0300. The van der Waals surface area contributed by atoms with Crippen LogP contribution in [0.5, 0.6) is 23.0 Å². The fourth-order valence-corrected chi connectivity index (χ4v) is 5.02. The molecule has 0 amide bonds. The van der Waals surface area contributed by atoms with Crippen molar-refractivity contribution in [3.63, 3.8) is 0 Å². The van der Waals surface area contributed by atoms with Crippen LogP contribution in [0.4, 0.5) is 0 Å². The van der Waals surface area contributed by atoms with Crippen molar-refractivity contribution < 1.29 is 47.6 Å². The summed E-state index contributed by atoms with van der Waals surface area (Å²) in [5.41, 5.74) is 1.31. The van der Waals surface area contributed by atoms with Crippen LogP contribution in [0.3, 0.4) is 0 Å². The number of esters is 4. The summed E-state index contributed by atoms with van der Waals surface area (Å²) in [4.78, 5) is 50.1. The first kappa shape index (κ1) is 40.1. The molecule has 10 nitrogen and oxygen atoms in total. The average Bonchev–Trinajstić information content (AvgIpc) is 3.18. The predicted octanol–water partition coefficient (Wildman–Crippen LogP) is 9.45. The molecule has 0 aliphatic rings. The molecule has 0 aliphatic heterocycles. The number of benzene rings is 4. The van der Waals surface area contributed by atoms with Crippen molar-refractivity contribution in [1.82, 2.24) is 0 Å². The molecule has 4 aromatic rings. The van der Waals surface area contributed by atoms with Gasteiger partial charge in [0.05, 0.1) is 48.7 Å². The van der Waals surface area contributed by atoms with E-state index in [1.165, 1.54) is 74.2 Å². The maximum Gasteiger partial charge on any atom is 0.343 e. The molecule has 0 aromatic heterocycles. The van der Waals surface area contributed by atoms with Gasteiger partial charge >= 0.3 is 23.9 Å². The molecule has 0 saturated heterocycles. The second kappa shape index (κ2) is 22.3. The highest BCUT2D eigenvalue weighted by Crippen LogP contribution is 2.20. The molecule has 280 valence electrons. The standard InChI is InChI=1S/C43H48O10/c1-3-5-7-9-28-48-36-20-12-34(13-21-36)42(46)52-38-24-16-32(17-25-38)40(44)50-30-11-31-51-41(45)33-18-26-39(27-19-33)53-43(47)35-14-22-37(23-15-35)49-29-10-8-6-4-2/h12-27H,3-11,28-31H2,1-2H3. The summed E-state index contributed by atoms with van der Waals surface area (Å²) in [6, 6.07) is 25.6. The molecule has 0 heterocycles. The van der Waals surface area contributed by atoms with Gasteiger partial charge in [0.15, 0.2) is 0 Å². The van der Waals surface area contributed by atoms with E-state index < -0.39 is 23.9 Å². The third-order valence-corrected chi connectivity index (χ3v) is 8.07. The lowest BCUT2D eigenvalue weighted by atomic mass is 10.2. The maximum atomic E-state index is 12.6. The van der Waals surface area contributed by atoms with Crippen molar-refractivity contribution in [1.29, 1.82) is 0 Å². The molecule has 0 aliphatic carbocycles. The normalized spacial score (nSPS) is 10.6. The van der Waals surface area contributed by atoms with Gasteiger partial charge in [0, 0.05) is 6.42 Å². The molecule has 53 heavy (non-hydrogen) atoms. The second-order valence-corrected chi connectivity index (χ2v) is 12.3. The van der Waals surface area contributed by atoms with E-state index in [0.29, 0.717) is 35.8 Å². The molecule has 0 atom stereocenters. The second-order valence-electron chi connectivity index (χ2n) is 12.3. The van der Waals surface area contributed by atoms with E-state index in [0.717, 1.165) is 25.7 Å². The Bertz CT molecular complexity index is 1580. The van der Waals surface area contributed by atoms with Gasteiger partial charge in [0.1, 0.15) is 23.0 Å². The van der Waals surface area contributed by atoms with Crippen molar-refractivity contribution in [3.8, 4) is 23.0 Å². The summed E-state index contributed by atoms with van der Waals surface area (Å²) in [5.74, 6) is -0.224. The van der Waals surface area contributed by atoms with E-state index >= 15 is 0 Å². The van der Waals surface area contributed by atoms with Crippen LogP contribution in [0, 0.1) is 0 Å². The van der Waals surface area contributed by atoms with Crippen LogP contribution in [0.2, 0.25) is 0 Å². The van der Waals surface area contributed by atoms with Gasteiger partial charge in [-0.15, -0.1) is 0 Å². The quantitative estimate of drug-likeness (QED) is 0.0440. The Labute approximate surface area is 311 Å². The van der Waals surface area contributed by atoms with Crippen molar-refractivity contribution in [2.45, 2.75) is 71.6 Å². The Hall–Kier alpha value is -5.64. The van der Waals surface area contributed by atoms with Gasteiger partial charge in [-0.25, -0.2) is 19.2 Å². The van der Waals surface area contributed by atoms with Crippen LogP contribution in [-0.2, 0) is 9.47 Å². The first-order chi connectivity index (χ1) is 25.9. The Balaban J connectivity index is 1.10. The van der Waals surface area contributed by atoms with Crippen molar-refractivity contribution in [2.75, 3.05) is 26.4 Å². The lowest BCUT2D eigenvalue weighted by Crippen LogP contribution is -2.12. The minimum Gasteiger partial charge on any atom is -0.494 e. The Morgan fingerprint density at radius 1 is 0.358 bits per heavy atom. The molecule has 4 aromatic carbocycles. The molecule has 0 saturated carbocycles. The summed E-state index contributed by atoms with van der Waals surface area (Å²) in [7, 11) is 0. The summed E-state index contributed by atoms with van der Waals surface area (Å²) < 4.78 is 32.9. The lowest BCUT2D eigenvalue weighted by Gasteiger charge is -2.09. The van der Waals surface area contributed by atoms with Gasteiger partial charge < -0.3 is 28.4 Å². The van der Waals surface area contributed by atoms with Crippen LogP contribution < -0.4 is 18.9 Å². The number of carbonyl (C=O) groups is 4. The third-order valence-electron chi connectivity index (χ3n) is 8.07. The highest BCUT2D eigenvalue weighted by molar-refractivity contribution is 5.93. The summed E-state index contributed by atoms with van der Waals surface area (Å²) >= 11 is 0. The number of rotatable bonds is 22. The van der Waals surface area contributed by atoms with E-state index in [2.05, 4.69) is 13.8 Å². The monoisotopic (exact) mass is 724 g/mol. The highest BCUT2D eigenvalue weighted by atomic mass is 16.6. The fraction of sp³-hybridized carbons (Fsp3) is 0.349. The number of unbranched alkanes of at least 4 members (excludes halogenated alkanes) is 6. The third kappa shape index (κ3) is 14.1. The largest absolute Gasteiger partial charge is 0.494 e. The SMILES string of the molecule is CCCCCCOc1ccc(C(=O)Oc2ccc(C(=O)OCCCOC(=O)c3ccc(OC(=O)c4ccc(OCCCCCC)cc4)cc3)cc2)cc1. The number of hydrogen-bond acceptors (Lipinski definition) is 10. The van der Waals surface area contributed by atoms with E-state index in [-0.39, 0.29) is 42.3 Å². The van der Waals surface area contributed by atoms with E-state index in [4.69, 9.17) is 28.4 Å². The van der Waals surface area contributed by atoms with Gasteiger partial charge in [-0.1, -0.05) is 52.4 Å². The highest BCUT2D eigenvalue weighted by Gasteiger charge is 2.14. The van der Waals surface area contributed by atoms with E-state index in [1.807, 2.05) is 0 Å². The van der Waals surface area contributed by atoms with Crippen LogP contribution >= 0.6 is 0 Å². The molecular weight excluding hydrogens is 676 g/mol. The minimum atomic E-state index is -0.563. The van der Waals surface area contributed by atoms with E-state index in [9.17, 15) is 19.2 Å². The van der Waals surface area contributed by atoms with E-state index in [1.54, 1.807) is 48.5 Å². The topological polar surface area (TPSA) is 124 Å². The molecule has 0 unspecified atom stereocenters. The zero-order valence-corrected chi connectivity index (χ0v) is 30.5. The van der Waals surface area contributed by atoms with Crippen molar-refractivity contribution in [3.05, 3.63) is 119 Å². The molecule has 10 heteroatoms. The van der Waals surface area contributed by atoms with Gasteiger partial charge in [-0.2, -0.15) is 0 Å². The zero-order valence-electron chi connectivity index (χ0n) is 30.5. The average molecular weight is 725 g/mol. The molecule has 0 bridgehead atoms. The van der Waals surface area contributed by atoms with Crippen LogP contribution in [0.25, 0.3) is 0 Å². The van der Waals surface area contributed by atoms with Crippen molar-refractivity contribution >= 4 is 23.9 Å². The lowest BCUT2D eigenvalue weighted by molar-refractivity contribution is 0.0395. The molecule has 0 N–H and O–H groups in total. The molecule has 0 radical (unpaired) electrons. The first-order valence-corrected chi connectivity index (χ1v) is 18.3. The number of carbonyl (C=O) groups excluding carboxylic acids is 4. The summed E-state index contributed by atoms with van der Waals surface area (Å²) in [6.45, 7) is 5.66. The van der Waals surface area contributed by atoms with Crippen LogP contribution in [-0.4, -0.2) is 50.3 Å². The van der Waals surface area contributed by atoms with Crippen molar-refractivity contribution in [2.24, 2.45) is 0 Å². The van der Waals surface area contributed by atoms with Crippen LogP contribution in [0.15, 0.2) is 97.1 Å². The zero-order chi connectivity index (χ0) is 37.7. The predicted molar refractivity (Wildman–Crippen MR) is 200 cm³/mol. The van der Waals surface area contributed by atoms with Gasteiger partial charge in [-0.3, -0.25) is 0 Å². The Morgan fingerprint density at radius 2 is 0.679 bits per heavy atom. The number of hydrogen-bond donors (Lipinski definition) is 0. The Kier molecular flexibility index (Phi) is 16.9. The number of ether oxygens (including phenoxy) is 6. The Morgan fingerprint density at radius 3 is 1.02 bits per heavy atom.